The number of benzene rings is 2. The zero-order valence-corrected chi connectivity index (χ0v) is 16.5. The van der Waals surface area contributed by atoms with Crippen LogP contribution in [0, 0.1) is 0 Å². The van der Waals surface area contributed by atoms with E-state index in [1.165, 1.54) is 12.3 Å². The lowest BCUT2D eigenvalue weighted by atomic mass is 10.1. The Balaban J connectivity index is 1.44. The highest BCUT2D eigenvalue weighted by Gasteiger charge is 2.10. The Labute approximate surface area is 176 Å². The van der Waals surface area contributed by atoms with Gasteiger partial charge in [-0.25, -0.2) is 9.78 Å². The molecule has 0 aliphatic heterocycles. The molecule has 2 aromatic carbocycles. The van der Waals surface area contributed by atoms with Crippen LogP contribution in [-0.2, 0) is 13.0 Å². The number of rotatable bonds is 6. The Morgan fingerprint density at radius 2 is 1.80 bits per heavy atom. The van der Waals surface area contributed by atoms with Gasteiger partial charge >= 0.3 is 5.97 Å². The van der Waals surface area contributed by atoms with Gasteiger partial charge in [0, 0.05) is 23.2 Å². The number of aromatic carboxylic acids is 1. The molecular weight excluding hydrogens is 404 g/mol. The van der Waals surface area contributed by atoms with Gasteiger partial charge in [0.15, 0.2) is 0 Å². The number of nitrogens with zero attached hydrogens (tertiary/aromatic N) is 2. The molecule has 0 atom stereocenters. The van der Waals surface area contributed by atoms with E-state index in [0.717, 1.165) is 22.4 Å². The summed E-state index contributed by atoms with van der Waals surface area (Å²) in [4.78, 5) is 35.2. The highest BCUT2D eigenvalue weighted by molar-refractivity contribution is 6.30. The number of carbonyl (C=O) groups is 2. The summed E-state index contributed by atoms with van der Waals surface area (Å²) in [5, 5.41) is 12.4. The van der Waals surface area contributed by atoms with Crippen LogP contribution < -0.4 is 5.32 Å². The molecule has 150 valence electrons. The molecule has 0 saturated heterocycles. The van der Waals surface area contributed by atoms with Gasteiger partial charge in [0.05, 0.1) is 28.8 Å². The summed E-state index contributed by atoms with van der Waals surface area (Å²) in [6, 6.07) is 15.9. The highest BCUT2D eigenvalue weighted by Crippen LogP contribution is 2.17. The number of carboxylic acid groups (broad SMARTS) is 1. The normalized spacial score (nSPS) is 10.8. The number of hydrogen-bond donors (Lipinski definition) is 3. The van der Waals surface area contributed by atoms with E-state index in [1.54, 1.807) is 24.3 Å². The predicted molar refractivity (Wildman–Crippen MR) is 113 cm³/mol. The maximum atomic E-state index is 12.5. The number of carbonyl (C=O) groups excluding carboxylic acids is 1. The lowest BCUT2D eigenvalue weighted by Gasteiger charge is -2.05. The molecule has 2 heterocycles. The second-order valence-electron chi connectivity index (χ2n) is 6.74. The molecule has 8 heteroatoms. The molecule has 0 fully saturated rings. The van der Waals surface area contributed by atoms with Crippen LogP contribution in [0.4, 0.5) is 0 Å². The van der Waals surface area contributed by atoms with Crippen LogP contribution in [-0.4, -0.2) is 31.9 Å². The van der Waals surface area contributed by atoms with Gasteiger partial charge in [-0.15, -0.1) is 0 Å². The van der Waals surface area contributed by atoms with Gasteiger partial charge in [0.1, 0.15) is 5.82 Å². The smallest absolute Gasteiger partial charge is 0.337 e. The van der Waals surface area contributed by atoms with Crippen molar-refractivity contribution in [2.75, 3.05) is 0 Å². The fraction of sp³-hybridized carbons (Fsp3) is 0.0909. The lowest BCUT2D eigenvalue weighted by molar-refractivity contribution is 0.0696. The minimum atomic E-state index is -1.04. The average Bonchev–Trinajstić information content (AvgIpc) is 3.15. The van der Waals surface area contributed by atoms with Crippen molar-refractivity contribution in [3.8, 4) is 0 Å². The number of hydrogen-bond acceptors (Lipinski definition) is 4. The second kappa shape index (κ2) is 8.34. The number of pyridine rings is 1. The Hall–Kier alpha value is -3.71. The number of aromatic amines is 1. The summed E-state index contributed by atoms with van der Waals surface area (Å²) in [6.07, 6.45) is 1.90. The summed E-state index contributed by atoms with van der Waals surface area (Å²) in [7, 11) is 0. The zero-order chi connectivity index (χ0) is 21.1. The monoisotopic (exact) mass is 420 g/mol. The van der Waals surface area contributed by atoms with Gasteiger partial charge in [0.25, 0.3) is 5.91 Å². The molecule has 7 nitrogen and oxygen atoms in total. The summed E-state index contributed by atoms with van der Waals surface area (Å²) in [5.41, 5.74) is 3.80. The van der Waals surface area contributed by atoms with Crippen LogP contribution in [0.15, 0.2) is 60.8 Å². The van der Waals surface area contributed by atoms with Gasteiger partial charge in [-0.2, -0.15) is 0 Å². The van der Waals surface area contributed by atoms with Gasteiger partial charge in [0.2, 0.25) is 0 Å². The molecule has 0 saturated carbocycles. The molecule has 4 aromatic rings. The first-order valence-electron chi connectivity index (χ1n) is 9.17. The zero-order valence-electron chi connectivity index (χ0n) is 15.7. The average molecular weight is 421 g/mol. The number of H-pyrrole nitrogens is 1. The maximum Gasteiger partial charge on any atom is 0.337 e. The Morgan fingerprint density at radius 3 is 2.50 bits per heavy atom. The lowest BCUT2D eigenvalue weighted by Crippen LogP contribution is -2.23. The topological polar surface area (TPSA) is 108 Å². The van der Waals surface area contributed by atoms with Crippen LogP contribution in [0.1, 0.15) is 37.8 Å². The predicted octanol–water partition coefficient (Wildman–Crippen LogP) is 3.83. The number of fused-ring (bicyclic) bond motifs is 1. The fourth-order valence-electron chi connectivity index (χ4n) is 3.01. The molecular formula is C22H17ClN4O3. The quantitative estimate of drug-likeness (QED) is 0.439. The van der Waals surface area contributed by atoms with E-state index in [1.807, 2.05) is 24.3 Å². The first kappa shape index (κ1) is 19.6. The molecule has 0 aliphatic carbocycles. The summed E-state index contributed by atoms with van der Waals surface area (Å²) in [5.74, 6) is -0.496. The van der Waals surface area contributed by atoms with Gasteiger partial charge < -0.3 is 15.4 Å². The third kappa shape index (κ3) is 4.47. The van der Waals surface area contributed by atoms with E-state index in [0.29, 0.717) is 22.7 Å². The van der Waals surface area contributed by atoms with E-state index in [9.17, 15) is 9.59 Å². The van der Waals surface area contributed by atoms with Crippen LogP contribution in [0.2, 0.25) is 5.02 Å². The minimum absolute atomic E-state index is 0.101. The molecule has 0 radical (unpaired) electrons. The Morgan fingerprint density at radius 1 is 1.03 bits per heavy atom. The van der Waals surface area contributed by atoms with Crippen molar-refractivity contribution in [1.29, 1.82) is 0 Å². The van der Waals surface area contributed by atoms with E-state index in [4.69, 9.17) is 16.7 Å². The molecule has 3 N–H and O–H groups in total. The van der Waals surface area contributed by atoms with Crippen molar-refractivity contribution >= 4 is 34.5 Å². The van der Waals surface area contributed by atoms with E-state index in [-0.39, 0.29) is 18.0 Å². The molecule has 0 unspecified atom stereocenters. The SMILES string of the molecule is O=C(O)c1ccc(CNC(=O)c2ccc3nc(Cc4ccc(Cl)cc4)[nH]c3c2)nc1. The van der Waals surface area contributed by atoms with Crippen molar-refractivity contribution in [1.82, 2.24) is 20.3 Å². The van der Waals surface area contributed by atoms with Crippen LogP contribution >= 0.6 is 11.6 Å². The van der Waals surface area contributed by atoms with Crippen molar-refractivity contribution in [3.05, 3.63) is 94.0 Å². The maximum absolute atomic E-state index is 12.5. The standard InChI is InChI=1S/C22H17ClN4O3/c23-16-5-1-13(2-6-16)9-20-26-18-8-4-14(10-19(18)27-20)21(28)25-12-17-7-3-15(11-24-17)22(29)30/h1-8,10-11H,9,12H2,(H,25,28)(H,26,27)(H,29,30). The highest BCUT2D eigenvalue weighted by atomic mass is 35.5. The largest absolute Gasteiger partial charge is 0.478 e. The van der Waals surface area contributed by atoms with E-state index < -0.39 is 5.97 Å². The van der Waals surface area contributed by atoms with E-state index in [2.05, 4.69) is 20.3 Å². The van der Waals surface area contributed by atoms with Crippen molar-refractivity contribution in [2.45, 2.75) is 13.0 Å². The number of aromatic nitrogens is 3. The van der Waals surface area contributed by atoms with Gasteiger partial charge in [-0.1, -0.05) is 23.7 Å². The number of amides is 1. The van der Waals surface area contributed by atoms with Crippen molar-refractivity contribution in [3.63, 3.8) is 0 Å². The summed E-state index contributed by atoms with van der Waals surface area (Å²) >= 11 is 5.92. The van der Waals surface area contributed by atoms with Crippen LogP contribution in [0.5, 0.6) is 0 Å². The van der Waals surface area contributed by atoms with Crippen LogP contribution in [0.3, 0.4) is 0 Å². The molecule has 30 heavy (non-hydrogen) atoms. The minimum Gasteiger partial charge on any atom is -0.478 e. The molecule has 0 bridgehead atoms. The Kier molecular flexibility index (Phi) is 5.45. The van der Waals surface area contributed by atoms with E-state index >= 15 is 0 Å². The first-order chi connectivity index (χ1) is 14.5. The number of nitrogens with one attached hydrogen (secondary N) is 2. The van der Waals surface area contributed by atoms with Gasteiger partial charge in [-0.3, -0.25) is 9.78 Å². The Bertz CT molecular complexity index is 1220. The number of carboxylic acids is 1. The molecule has 2 aromatic heterocycles. The molecule has 0 spiro atoms. The molecule has 0 aliphatic rings. The third-order valence-electron chi connectivity index (χ3n) is 4.58. The summed E-state index contributed by atoms with van der Waals surface area (Å²) in [6.45, 7) is 0.196. The molecule has 4 rings (SSSR count). The number of imidazole rings is 1. The summed E-state index contributed by atoms with van der Waals surface area (Å²) < 4.78 is 0. The second-order valence-corrected chi connectivity index (χ2v) is 7.18. The molecule has 1 amide bonds. The van der Waals surface area contributed by atoms with Crippen molar-refractivity contribution in [2.24, 2.45) is 0 Å². The third-order valence-corrected chi connectivity index (χ3v) is 4.83. The fourth-order valence-corrected chi connectivity index (χ4v) is 3.14. The first-order valence-corrected chi connectivity index (χ1v) is 9.55. The van der Waals surface area contributed by atoms with Gasteiger partial charge in [-0.05, 0) is 48.0 Å². The van der Waals surface area contributed by atoms with Crippen LogP contribution in [0.25, 0.3) is 11.0 Å². The number of halogens is 1. The van der Waals surface area contributed by atoms with Crippen molar-refractivity contribution < 1.29 is 14.7 Å².